The first kappa shape index (κ1) is 16.9. The predicted octanol–water partition coefficient (Wildman–Crippen LogP) is 3.03. The zero-order valence-electron chi connectivity index (χ0n) is 14.8. The maximum Gasteiger partial charge on any atom is 0.341 e. The number of carboxylic acid groups (broad SMARTS) is 1. The topological polar surface area (TPSA) is 71.8 Å². The summed E-state index contributed by atoms with van der Waals surface area (Å²) in [5.41, 5.74) is -0.169. The highest BCUT2D eigenvalue weighted by Crippen LogP contribution is 2.42. The number of aromatic carboxylic acids is 1. The second-order valence-electron chi connectivity index (χ2n) is 7.35. The second-order valence-corrected chi connectivity index (χ2v) is 7.35. The molecule has 2 aromatic rings. The minimum absolute atomic E-state index is 0.0538. The summed E-state index contributed by atoms with van der Waals surface area (Å²) in [6.07, 6.45) is 3.29. The van der Waals surface area contributed by atoms with Gasteiger partial charge in [-0.05, 0) is 31.7 Å². The number of carbonyl (C=O) groups is 1. The molecule has 2 aliphatic rings. The number of aromatic nitrogens is 1. The van der Waals surface area contributed by atoms with Gasteiger partial charge in [0, 0.05) is 19.3 Å². The SMILES string of the molecule is CC1CCN(c2c(F)cc3c(=O)c(C(=O)O)cn4c3c2OC[C@@H]4C)CC1. The molecule has 0 bridgehead atoms. The van der Waals surface area contributed by atoms with Crippen LogP contribution in [0.5, 0.6) is 5.75 Å². The van der Waals surface area contributed by atoms with Gasteiger partial charge in [0.05, 0.1) is 16.9 Å². The molecule has 1 aromatic carbocycles. The Labute approximate surface area is 149 Å². The number of rotatable bonds is 2. The van der Waals surface area contributed by atoms with Gasteiger partial charge in [-0.25, -0.2) is 9.18 Å². The van der Waals surface area contributed by atoms with E-state index in [1.165, 1.54) is 12.3 Å². The van der Waals surface area contributed by atoms with Gasteiger partial charge in [0.1, 0.15) is 17.9 Å². The molecule has 2 aliphatic heterocycles. The summed E-state index contributed by atoms with van der Waals surface area (Å²) in [6.45, 7) is 5.82. The molecule has 7 heteroatoms. The van der Waals surface area contributed by atoms with Crippen LogP contribution in [0.15, 0.2) is 17.1 Å². The third-order valence-corrected chi connectivity index (χ3v) is 5.47. The lowest BCUT2D eigenvalue weighted by atomic mass is 9.98. The van der Waals surface area contributed by atoms with Crippen LogP contribution >= 0.6 is 0 Å². The Balaban J connectivity index is 2.00. The summed E-state index contributed by atoms with van der Waals surface area (Å²) in [6, 6.07) is 1.02. The number of ether oxygens (including phenoxy) is 1. The lowest BCUT2D eigenvalue weighted by molar-refractivity contribution is 0.0694. The standard InChI is InChI=1S/C19H21FN2O4/c1-10-3-5-21(6-4-10)16-14(20)7-12-15-18(16)26-9-11(2)22(15)8-13(17(12)23)19(24)25/h7-8,10-11H,3-6,9H2,1-2H3,(H,24,25)/t11-/m0/s1. The number of benzene rings is 1. The van der Waals surface area contributed by atoms with Gasteiger partial charge in [0.2, 0.25) is 5.43 Å². The molecule has 0 unspecified atom stereocenters. The quantitative estimate of drug-likeness (QED) is 0.891. The van der Waals surface area contributed by atoms with E-state index >= 15 is 0 Å². The normalized spacial score (nSPS) is 20.3. The number of carboxylic acids is 1. The first-order valence-corrected chi connectivity index (χ1v) is 8.91. The number of nitrogens with zero attached hydrogens (tertiary/aromatic N) is 2. The number of hydrogen-bond acceptors (Lipinski definition) is 4. The maximum atomic E-state index is 15.0. The summed E-state index contributed by atoms with van der Waals surface area (Å²) < 4.78 is 22.6. The van der Waals surface area contributed by atoms with Crippen LogP contribution in [0.2, 0.25) is 0 Å². The molecule has 1 atom stereocenters. The molecule has 0 aliphatic carbocycles. The molecule has 4 rings (SSSR count). The van der Waals surface area contributed by atoms with E-state index in [1.54, 1.807) is 4.57 Å². The van der Waals surface area contributed by atoms with Gasteiger partial charge < -0.3 is 19.3 Å². The summed E-state index contributed by atoms with van der Waals surface area (Å²) in [5, 5.41) is 9.38. The van der Waals surface area contributed by atoms with Crippen molar-refractivity contribution in [3.63, 3.8) is 0 Å². The van der Waals surface area contributed by atoms with Gasteiger partial charge in [-0.15, -0.1) is 0 Å². The van der Waals surface area contributed by atoms with Crippen LogP contribution in [0.25, 0.3) is 10.9 Å². The van der Waals surface area contributed by atoms with Crippen molar-refractivity contribution >= 4 is 22.6 Å². The van der Waals surface area contributed by atoms with Crippen LogP contribution in [-0.2, 0) is 0 Å². The van der Waals surface area contributed by atoms with Gasteiger partial charge in [0.15, 0.2) is 11.6 Å². The first-order chi connectivity index (χ1) is 12.4. The van der Waals surface area contributed by atoms with Crippen molar-refractivity contribution in [2.45, 2.75) is 32.7 Å². The van der Waals surface area contributed by atoms with Crippen molar-refractivity contribution in [1.29, 1.82) is 0 Å². The fourth-order valence-corrected chi connectivity index (χ4v) is 3.89. The van der Waals surface area contributed by atoms with Gasteiger partial charge in [-0.2, -0.15) is 0 Å². The number of anilines is 1. The second kappa shape index (κ2) is 6.00. The molecule has 1 fully saturated rings. The molecule has 1 aromatic heterocycles. The zero-order chi connectivity index (χ0) is 18.6. The van der Waals surface area contributed by atoms with Crippen molar-refractivity contribution in [3.8, 4) is 5.75 Å². The Morgan fingerprint density at radius 2 is 2.00 bits per heavy atom. The number of piperidine rings is 1. The third kappa shape index (κ3) is 2.45. The molecule has 6 nitrogen and oxygen atoms in total. The van der Waals surface area contributed by atoms with Crippen molar-refractivity contribution in [2.75, 3.05) is 24.6 Å². The van der Waals surface area contributed by atoms with E-state index in [2.05, 4.69) is 6.92 Å². The van der Waals surface area contributed by atoms with Crippen LogP contribution in [0, 0.1) is 11.7 Å². The van der Waals surface area contributed by atoms with Crippen LogP contribution < -0.4 is 15.1 Å². The molecule has 0 amide bonds. The smallest absolute Gasteiger partial charge is 0.341 e. The highest BCUT2D eigenvalue weighted by atomic mass is 19.1. The fourth-order valence-electron chi connectivity index (χ4n) is 3.89. The van der Waals surface area contributed by atoms with Crippen molar-refractivity contribution in [2.24, 2.45) is 5.92 Å². The highest BCUT2D eigenvalue weighted by Gasteiger charge is 2.31. The minimum atomic E-state index is -1.31. The van der Waals surface area contributed by atoms with E-state index in [0.29, 0.717) is 29.5 Å². The molecule has 26 heavy (non-hydrogen) atoms. The summed E-state index contributed by atoms with van der Waals surface area (Å²) >= 11 is 0. The predicted molar refractivity (Wildman–Crippen MR) is 95.9 cm³/mol. The van der Waals surface area contributed by atoms with Crippen LogP contribution in [0.1, 0.15) is 43.1 Å². The molecule has 0 saturated carbocycles. The van der Waals surface area contributed by atoms with Crippen molar-refractivity contribution in [3.05, 3.63) is 33.9 Å². The van der Waals surface area contributed by atoms with Gasteiger partial charge in [-0.3, -0.25) is 4.79 Å². The van der Waals surface area contributed by atoms with E-state index in [4.69, 9.17) is 4.74 Å². The Morgan fingerprint density at radius 1 is 1.31 bits per heavy atom. The molecule has 1 N–H and O–H groups in total. The van der Waals surface area contributed by atoms with E-state index in [0.717, 1.165) is 25.9 Å². The Morgan fingerprint density at radius 3 is 2.65 bits per heavy atom. The van der Waals surface area contributed by atoms with Gasteiger partial charge >= 0.3 is 5.97 Å². The summed E-state index contributed by atoms with van der Waals surface area (Å²) in [4.78, 5) is 26.0. The Hall–Kier alpha value is -2.57. The molecule has 138 valence electrons. The van der Waals surface area contributed by atoms with E-state index < -0.39 is 17.2 Å². The lowest BCUT2D eigenvalue weighted by Crippen LogP contribution is -2.35. The number of hydrogen-bond donors (Lipinski definition) is 1. The molecular formula is C19H21FN2O4. The lowest BCUT2D eigenvalue weighted by Gasteiger charge is -2.36. The molecule has 0 radical (unpaired) electrons. The highest BCUT2D eigenvalue weighted by molar-refractivity contribution is 5.97. The van der Waals surface area contributed by atoms with Crippen molar-refractivity contribution < 1.29 is 19.0 Å². The van der Waals surface area contributed by atoms with Gasteiger partial charge in [-0.1, -0.05) is 6.92 Å². The minimum Gasteiger partial charge on any atom is -0.487 e. The summed E-state index contributed by atoms with van der Waals surface area (Å²) in [5.74, 6) is -0.900. The summed E-state index contributed by atoms with van der Waals surface area (Å²) in [7, 11) is 0. The van der Waals surface area contributed by atoms with Crippen molar-refractivity contribution in [1.82, 2.24) is 4.57 Å². The average Bonchev–Trinajstić information content (AvgIpc) is 2.60. The Bertz CT molecular complexity index is 960. The van der Waals surface area contributed by atoms with Crippen LogP contribution in [0.4, 0.5) is 10.1 Å². The average molecular weight is 360 g/mol. The van der Waals surface area contributed by atoms with E-state index in [-0.39, 0.29) is 17.0 Å². The molecule has 1 saturated heterocycles. The number of pyridine rings is 1. The fraction of sp³-hybridized carbons (Fsp3) is 0.474. The third-order valence-electron chi connectivity index (χ3n) is 5.47. The molecule has 0 spiro atoms. The molecular weight excluding hydrogens is 339 g/mol. The number of halogens is 1. The molecule has 3 heterocycles. The van der Waals surface area contributed by atoms with E-state index in [1.807, 2.05) is 11.8 Å². The maximum absolute atomic E-state index is 15.0. The monoisotopic (exact) mass is 360 g/mol. The largest absolute Gasteiger partial charge is 0.487 e. The van der Waals surface area contributed by atoms with Crippen LogP contribution in [-0.4, -0.2) is 35.3 Å². The van der Waals surface area contributed by atoms with Gasteiger partial charge in [0.25, 0.3) is 0 Å². The first-order valence-electron chi connectivity index (χ1n) is 8.91. The zero-order valence-corrected chi connectivity index (χ0v) is 14.8. The van der Waals surface area contributed by atoms with E-state index in [9.17, 15) is 19.1 Å². The van der Waals surface area contributed by atoms with Crippen LogP contribution in [0.3, 0.4) is 0 Å². The Kier molecular flexibility index (Phi) is 3.89.